The van der Waals surface area contributed by atoms with E-state index >= 15 is 0 Å². The van der Waals surface area contributed by atoms with Crippen molar-refractivity contribution in [2.24, 2.45) is 0 Å². The summed E-state index contributed by atoms with van der Waals surface area (Å²) in [4.78, 5) is 44.5. The van der Waals surface area contributed by atoms with Gasteiger partial charge in [-0.3, -0.25) is 0 Å². The number of rotatable bonds is 8. The van der Waals surface area contributed by atoms with Gasteiger partial charge >= 0.3 is 23.9 Å². The molecule has 0 aromatic heterocycles. The van der Waals surface area contributed by atoms with Gasteiger partial charge in [0.1, 0.15) is 22.3 Å². The Hall–Kier alpha value is -4.50. The van der Waals surface area contributed by atoms with Gasteiger partial charge in [-0.1, -0.05) is 0 Å². The van der Waals surface area contributed by atoms with E-state index in [1.165, 1.54) is 0 Å². The van der Waals surface area contributed by atoms with Crippen molar-refractivity contribution >= 4 is 23.9 Å². The molecule has 0 atom stereocenters. The van der Waals surface area contributed by atoms with Gasteiger partial charge in [0.25, 0.3) is 0 Å². The third-order valence-corrected chi connectivity index (χ3v) is 4.11. The molecule has 0 heterocycles. The summed E-state index contributed by atoms with van der Waals surface area (Å²) in [6.45, 7) is 1.22. The average molecular weight is 512 g/mol. The van der Waals surface area contributed by atoms with Crippen LogP contribution < -0.4 is 9.47 Å². The molecule has 0 saturated heterocycles. The molecule has 0 unspecified atom stereocenters. The van der Waals surface area contributed by atoms with Crippen LogP contribution in [0.5, 0.6) is 11.5 Å². The third kappa shape index (κ3) is 4.62. The van der Waals surface area contributed by atoms with Crippen molar-refractivity contribution in [1.29, 1.82) is 0 Å². The molecular weight excluding hydrogens is 502 g/mol. The molecule has 188 valence electrons. The normalized spacial score (nSPS) is 11.2. The Morgan fingerprint density at radius 2 is 0.743 bits per heavy atom. The summed E-state index contributed by atoms with van der Waals surface area (Å²) in [6, 6.07) is 0. The van der Waals surface area contributed by atoms with E-state index in [9.17, 15) is 45.5 Å². The molecule has 0 aliphatic heterocycles. The largest absolute Gasteiger partial charge is 0.478 e. The summed E-state index contributed by atoms with van der Waals surface area (Å²) in [6.07, 6.45) is 0. The molecular formula is C19H10F6O10. The predicted molar refractivity (Wildman–Crippen MR) is 95.8 cm³/mol. The Morgan fingerprint density at radius 1 is 0.514 bits per heavy atom. The summed E-state index contributed by atoms with van der Waals surface area (Å²) in [7, 11) is 0. The summed E-state index contributed by atoms with van der Waals surface area (Å²) in [5.41, 5.74) is -7.64. The van der Waals surface area contributed by atoms with Crippen molar-refractivity contribution in [2.75, 3.05) is 0 Å². The molecule has 10 nitrogen and oxygen atoms in total. The molecule has 0 spiro atoms. The summed E-state index contributed by atoms with van der Waals surface area (Å²) in [5.74, 6) is -30.3. The van der Waals surface area contributed by atoms with Gasteiger partial charge in [0.2, 0.25) is 17.4 Å². The second-order valence-corrected chi connectivity index (χ2v) is 6.87. The second-order valence-electron chi connectivity index (χ2n) is 6.87. The van der Waals surface area contributed by atoms with Crippen LogP contribution in [0.1, 0.15) is 55.3 Å². The molecule has 35 heavy (non-hydrogen) atoms. The zero-order valence-corrected chi connectivity index (χ0v) is 17.0. The minimum atomic E-state index is -2.79. The molecule has 4 N–H and O–H groups in total. The highest BCUT2D eigenvalue weighted by molar-refractivity contribution is 6.03. The molecule has 0 amide bonds. The maximum atomic E-state index is 14.6. The highest BCUT2D eigenvalue weighted by atomic mass is 19.2. The topological polar surface area (TPSA) is 168 Å². The molecule has 0 saturated carbocycles. The van der Waals surface area contributed by atoms with Crippen molar-refractivity contribution in [3.8, 4) is 11.5 Å². The van der Waals surface area contributed by atoms with E-state index in [1.54, 1.807) is 0 Å². The van der Waals surface area contributed by atoms with Crippen LogP contribution >= 0.6 is 0 Å². The van der Waals surface area contributed by atoms with Crippen LogP contribution in [-0.2, 0) is 0 Å². The SMILES string of the molecule is CC(C)(Oc1c(F)c(F)c(C(=O)O)c(C(=O)O)c1F)Oc1c(F)c(F)c(C(=O)O)c(C(=O)O)c1F. The van der Waals surface area contributed by atoms with Gasteiger partial charge in [0, 0.05) is 13.8 Å². The number of carbonyl (C=O) groups is 4. The van der Waals surface area contributed by atoms with Gasteiger partial charge in [-0.05, 0) is 0 Å². The first-order valence-electron chi connectivity index (χ1n) is 8.66. The van der Waals surface area contributed by atoms with Crippen LogP contribution in [0.15, 0.2) is 0 Å². The van der Waals surface area contributed by atoms with Gasteiger partial charge in [-0.15, -0.1) is 0 Å². The lowest BCUT2D eigenvalue weighted by atomic mass is 10.0. The fourth-order valence-electron chi connectivity index (χ4n) is 2.77. The molecule has 2 aromatic rings. The molecule has 0 bridgehead atoms. The van der Waals surface area contributed by atoms with Gasteiger partial charge in [0.15, 0.2) is 34.8 Å². The summed E-state index contributed by atoms with van der Waals surface area (Å²) in [5, 5.41) is 35.7. The fraction of sp³-hybridized carbons (Fsp3) is 0.158. The van der Waals surface area contributed by atoms with Gasteiger partial charge < -0.3 is 29.9 Å². The van der Waals surface area contributed by atoms with Crippen LogP contribution in [0, 0.1) is 34.9 Å². The Bertz CT molecular complexity index is 1210. The van der Waals surface area contributed by atoms with E-state index in [0.29, 0.717) is 13.8 Å². The lowest BCUT2D eigenvalue weighted by Gasteiger charge is -2.29. The minimum Gasteiger partial charge on any atom is -0.478 e. The van der Waals surface area contributed by atoms with Crippen molar-refractivity contribution in [3.63, 3.8) is 0 Å². The maximum absolute atomic E-state index is 14.6. The van der Waals surface area contributed by atoms with E-state index in [2.05, 4.69) is 9.47 Å². The van der Waals surface area contributed by atoms with Crippen LogP contribution in [0.3, 0.4) is 0 Å². The number of ether oxygens (including phenoxy) is 2. The summed E-state index contributed by atoms with van der Waals surface area (Å²) < 4.78 is 95.4. The van der Waals surface area contributed by atoms with E-state index in [1.807, 2.05) is 0 Å². The second kappa shape index (κ2) is 9.03. The van der Waals surface area contributed by atoms with Crippen molar-refractivity contribution in [1.82, 2.24) is 0 Å². The van der Waals surface area contributed by atoms with Gasteiger partial charge in [-0.2, -0.15) is 8.78 Å². The number of benzene rings is 2. The Morgan fingerprint density at radius 3 is 0.971 bits per heavy atom. The summed E-state index contributed by atoms with van der Waals surface area (Å²) >= 11 is 0. The van der Waals surface area contributed by atoms with E-state index in [0.717, 1.165) is 0 Å². The Kier molecular flexibility index (Phi) is 6.90. The number of hydrogen-bond donors (Lipinski definition) is 4. The van der Waals surface area contributed by atoms with Crippen molar-refractivity contribution in [2.45, 2.75) is 19.6 Å². The smallest absolute Gasteiger partial charge is 0.339 e. The highest BCUT2D eigenvalue weighted by Gasteiger charge is 2.39. The van der Waals surface area contributed by atoms with Gasteiger partial charge in [-0.25, -0.2) is 36.7 Å². The van der Waals surface area contributed by atoms with Gasteiger partial charge in [0.05, 0.1) is 0 Å². The van der Waals surface area contributed by atoms with Crippen molar-refractivity contribution in [3.05, 3.63) is 57.2 Å². The molecule has 2 rings (SSSR count). The van der Waals surface area contributed by atoms with Crippen LogP contribution in [-0.4, -0.2) is 50.1 Å². The maximum Gasteiger partial charge on any atom is 0.339 e. The molecule has 0 radical (unpaired) electrons. The van der Waals surface area contributed by atoms with E-state index < -0.39 is 98.3 Å². The standard InChI is InChI=1S/C19H10F6O10/c1-19(2,34-13-9(22)5(17(30)31)3(15(26)27)7(20)11(13)24)35-14-10(23)6(18(32)33)4(16(28)29)8(21)12(14)25/h1-2H3,(H,26,27)(H,28,29)(H,30,31)(H,32,33). The van der Waals surface area contributed by atoms with E-state index in [4.69, 9.17) is 20.4 Å². The monoisotopic (exact) mass is 512 g/mol. The Balaban J connectivity index is 2.70. The molecule has 0 aliphatic carbocycles. The first kappa shape index (κ1) is 26.7. The molecule has 0 fully saturated rings. The average Bonchev–Trinajstić information content (AvgIpc) is 2.72. The zero-order chi connectivity index (χ0) is 27.2. The van der Waals surface area contributed by atoms with Crippen LogP contribution in [0.25, 0.3) is 0 Å². The number of hydrogen-bond acceptors (Lipinski definition) is 6. The number of carboxylic acid groups (broad SMARTS) is 4. The van der Waals surface area contributed by atoms with Crippen LogP contribution in [0.4, 0.5) is 26.3 Å². The minimum absolute atomic E-state index is 0.609. The predicted octanol–water partition coefficient (Wildman–Crippen LogP) is 3.51. The quantitative estimate of drug-likeness (QED) is 0.233. The lowest BCUT2D eigenvalue weighted by Crippen LogP contribution is -2.37. The number of halogens is 6. The third-order valence-electron chi connectivity index (χ3n) is 4.11. The number of carboxylic acids is 4. The number of aromatic carboxylic acids is 4. The van der Waals surface area contributed by atoms with Crippen molar-refractivity contribution < 1.29 is 75.4 Å². The zero-order valence-electron chi connectivity index (χ0n) is 17.0. The molecule has 2 aromatic carbocycles. The fourth-order valence-corrected chi connectivity index (χ4v) is 2.77. The first-order chi connectivity index (χ1) is 15.9. The molecule has 0 aliphatic rings. The first-order valence-corrected chi connectivity index (χ1v) is 8.66. The highest BCUT2D eigenvalue weighted by Crippen LogP contribution is 2.37. The van der Waals surface area contributed by atoms with Crippen LogP contribution in [0.2, 0.25) is 0 Å². The van der Waals surface area contributed by atoms with E-state index in [-0.39, 0.29) is 0 Å². The Labute approximate surface area is 188 Å². The molecule has 16 heteroatoms. The lowest BCUT2D eigenvalue weighted by molar-refractivity contribution is -0.0901.